The van der Waals surface area contributed by atoms with Crippen molar-refractivity contribution >= 4 is 11.5 Å². The highest BCUT2D eigenvalue weighted by molar-refractivity contribution is 5.77. The lowest BCUT2D eigenvalue weighted by Gasteiger charge is -2.28. The van der Waals surface area contributed by atoms with Gasteiger partial charge in [0.15, 0.2) is 0 Å². The van der Waals surface area contributed by atoms with Crippen LogP contribution in [0.2, 0.25) is 0 Å². The molecule has 2 rings (SSSR count). The van der Waals surface area contributed by atoms with E-state index < -0.39 is 0 Å². The fourth-order valence-corrected chi connectivity index (χ4v) is 2.68. The van der Waals surface area contributed by atoms with Crippen LogP contribution in [0.15, 0.2) is 24.3 Å². The summed E-state index contributed by atoms with van der Waals surface area (Å²) in [5, 5.41) is 0. The number of rotatable bonds is 4. The molecule has 1 aliphatic heterocycles. The average Bonchev–Trinajstić information content (AvgIpc) is 2.55. The van der Waals surface area contributed by atoms with Crippen molar-refractivity contribution in [3.8, 4) is 0 Å². The molecule has 1 aliphatic rings. The maximum absolute atomic E-state index is 11.4. The molecule has 0 bridgehead atoms. The van der Waals surface area contributed by atoms with Crippen molar-refractivity contribution in [1.29, 1.82) is 0 Å². The fraction of sp³-hybridized carbons (Fsp3) is 0.533. The molecule has 92 valence electrons. The Balaban J connectivity index is 2.23. The Kier molecular flexibility index (Phi) is 3.51. The molecule has 1 atom stereocenters. The van der Waals surface area contributed by atoms with E-state index >= 15 is 0 Å². The minimum atomic E-state index is 0.288. The molecule has 0 amide bonds. The van der Waals surface area contributed by atoms with Gasteiger partial charge < -0.3 is 4.90 Å². The van der Waals surface area contributed by atoms with Crippen molar-refractivity contribution < 1.29 is 4.79 Å². The normalized spacial score (nSPS) is 18.6. The monoisotopic (exact) mass is 231 g/mol. The van der Waals surface area contributed by atoms with Crippen LogP contribution in [0.25, 0.3) is 0 Å². The van der Waals surface area contributed by atoms with E-state index in [1.54, 1.807) is 6.92 Å². The first-order chi connectivity index (χ1) is 8.08. The highest BCUT2D eigenvalue weighted by Crippen LogP contribution is 2.33. The lowest BCUT2D eigenvalue weighted by atomic mass is 10.1. The van der Waals surface area contributed by atoms with Crippen LogP contribution in [0, 0.1) is 5.92 Å². The summed E-state index contributed by atoms with van der Waals surface area (Å²) in [6.07, 6.45) is 1.68. The summed E-state index contributed by atoms with van der Waals surface area (Å²) in [5.41, 5.74) is 2.71. The molecule has 0 spiro atoms. The fourth-order valence-electron chi connectivity index (χ4n) is 2.68. The van der Waals surface area contributed by atoms with E-state index in [2.05, 4.69) is 43.0 Å². The second-order valence-corrected chi connectivity index (χ2v) is 5.44. The zero-order valence-corrected chi connectivity index (χ0v) is 10.9. The molecule has 0 saturated carbocycles. The van der Waals surface area contributed by atoms with Crippen LogP contribution in [0.4, 0.5) is 5.69 Å². The first kappa shape index (κ1) is 12.2. The first-order valence-electron chi connectivity index (χ1n) is 6.42. The molecular weight excluding hydrogens is 210 g/mol. The predicted octanol–water partition coefficient (Wildman–Crippen LogP) is 3.05. The summed E-state index contributed by atoms with van der Waals surface area (Å²) in [5.74, 6) is 0.909. The summed E-state index contributed by atoms with van der Waals surface area (Å²) in [6, 6.07) is 8.90. The molecule has 0 N–H and O–H groups in total. The van der Waals surface area contributed by atoms with Crippen LogP contribution in [0.3, 0.4) is 0 Å². The molecule has 1 aromatic carbocycles. The number of Topliss-reactive ketones (excluding diaryl/α,β-unsaturated/α-hetero) is 1. The van der Waals surface area contributed by atoms with Crippen LogP contribution in [-0.4, -0.2) is 18.4 Å². The number of nitrogens with zero attached hydrogens (tertiary/aromatic N) is 1. The Labute approximate surface area is 104 Å². The number of hydrogen-bond donors (Lipinski definition) is 0. The standard InChI is InChI=1S/C15H21NO/c1-11(2)10-16-14(8-12(3)17)9-13-6-4-5-7-15(13)16/h4-7,11,14H,8-10H2,1-3H3. The summed E-state index contributed by atoms with van der Waals surface area (Å²) in [4.78, 5) is 13.8. The average molecular weight is 231 g/mol. The van der Waals surface area contributed by atoms with Crippen LogP contribution >= 0.6 is 0 Å². The van der Waals surface area contributed by atoms with Gasteiger partial charge in [0.05, 0.1) is 0 Å². The zero-order chi connectivity index (χ0) is 12.4. The smallest absolute Gasteiger partial charge is 0.131 e. The number of para-hydroxylation sites is 1. The van der Waals surface area contributed by atoms with Crippen LogP contribution in [0.5, 0.6) is 0 Å². The quantitative estimate of drug-likeness (QED) is 0.793. The summed E-state index contributed by atoms with van der Waals surface area (Å²) < 4.78 is 0. The molecule has 0 aliphatic carbocycles. The summed E-state index contributed by atoms with van der Waals surface area (Å²) >= 11 is 0. The number of ketones is 1. The number of carbonyl (C=O) groups excluding carboxylic acids is 1. The van der Waals surface area contributed by atoms with Gasteiger partial charge in [0.1, 0.15) is 5.78 Å². The van der Waals surface area contributed by atoms with Gasteiger partial charge in [-0.15, -0.1) is 0 Å². The van der Waals surface area contributed by atoms with Gasteiger partial charge in [-0.3, -0.25) is 4.79 Å². The van der Waals surface area contributed by atoms with Crippen molar-refractivity contribution in [2.75, 3.05) is 11.4 Å². The molecule has 0 fully saturated rings. The number of hydrogen-bond acceptors (Lipinski definition) is 2. The van der Waals surface area contributed by atoms with E-state index in [-0.39, 0.29) is 5.78 Å². The van der Waals surface area contributed by atoms with Crippen molar-refractivity contribution in [2.45, 2.75) is 39.7 Å². The summed E-state index contributed by atoms with van der Waals surface area (Å²) in [6.45, 7) is 7.18. The number of carbonyl (C=O) groups is 1. The Morgan fingerprint density at radius 3 is 2.76 bits per heavy atom. The molecule has 0 radical (unpaired) electrons. The third kappa shape index (κ3) is 2.68. The lowest BCUT2D eigenvalue weighted by Crippen LogP contribution is -2.36. The molecule has 17 heavy (non-hydrogen) atoms. The zero-order valence-electron chi connectivity index (χ0n) is 10.9. The molecule has 0 saturated heterocycles. The molecule has 2 nitrogen and oxygen atoms in total. The van der Waals surface area contributed by atoms with E-state index in [0.29, 0.717) is 18.4 Å². The van der Waals surface area contributed by atoms with Crippen LogP contribution in [0.1, 0.15) is 32.8 Å². The number of benzene rings is 1. The number of fused-ring (bicyclic) bond motifs is 1. The summed E-state index contributed by atoms with van der Waals surface area (Å²) in [7, 11) is 0. The second kappa shape index (κ2) is 4.91. The van der Waals surface area contributed by atoms with Gasteiger partial charge in [0.25, 0.3) is 0 Å². The van der Waals surface area contributed by atoms with Crippen molar-refractivity contribution in [3.63, 3.8) is 0 Å². The van der Waals surface area contributed by atoms with Gasteiger partial charge in [-0.05, 0) is 30.9 Å². The Bertz CT molecular complexity index is 411. The predicted molar refractivity (Wildman–Crippen MR) is 71.4 cm³/mol. The van der Waals surface area contributed by atoms with Gasteiger partial charge >= 0.3 is 0 Å². The van der Waals surface area contributed by atoms with Crippen molar-refractivity contribution in [1.82, 2.24) is 0 Å². The first-order valence-corrected chi connectivity index (χ1v) is 6.42. The third-order valence-corrected chi connectivity index (χ3v) is 3.28. The highest BCUT2D eigenvalue weighted by Gasteiger charge is 2.29. The van der Waals surface area contributed by atoms with E-state index in [9.17, 15) is 4.79 Å². The van der Waals surface area contributed by atoms with Gasteiger partial charge in [0, 0.05) is 24.7 Å². The van der Waals surface area contributed by atoms with Crippen molar-refractivity contribution in [2.24, 2.45) is 5.92 Å². The Morgan fingerprint density at radius 2 is 2.12 bits per heavy atom. The topological polar surface area (TPSA) is 20.3 Å². The van der Waals surface area contributed by atoms with E-state index in [1.807, 2.05) is 0 Å². The molecule has 1 aromatic rings. The maximum atomic E-state index is 11.4. The molecule has 1 unspecified atom stereocenters. The number of anilines is 1. The molecule has 0 aromatic heterocycles. The van der Waals surface area contributed by atoms with Crippen LogP contribution in [-0.2, 0) is 11.2 Å². The largest absolute Gasteiger partial charge is 0.367 e. The maximum Gasteiger partial charge on any atom is 0.131 e. The lowest BCUT2D eigenvalue weighted by molar-refractivity contribution is -0.117. The van der Waals surface area contributed by atoms with Gasteiger partial charge in [-0.1, -0.05) is 32.0 Å². The molecule has 1 heterocycles. The molecular formula is C15H21NO. The van der Waals surface area contributed by atoms with E-state index in [1.165, 1.54) is 11.3 Å². The van der Waals surface area contributed by atoms with Crippen molar-refractivity contribution in [3.05, 3.63) is 29.8 Å². The molecule has 2 heteroatoms. The van der Waals surface area contributed by atoms with E-state index in [4.69, 9.17) is 0 Å². The highest BCUT2D eigenvalue weighted by atomic mass is 16.1. The Morgan fingerprint density at radius 1 is 1.41 bits per heavy atom. The van der Waals surface area contributed by atoms with Gasteiger partial charge in [-0.2, -0.15) is 0 Å². The Hall–Kier alpha value is -1.31. The SMILES string of the molecule is CC(=O)CC1Cc2ccccc2N1CC(C)C. The van der Waals surface area contributed by atoms with Gasteiger partial charge in [0.2, 0.25) is 0 Å². The second-order valence-electron chi connectivity index (χ2n) is 5.44. The third-order valence-electron chi connectivity index (χ3n) is 3.28. The minimum absolute atomic E-state index is 0.288. The van der Waals surface area contributed by atoms with Crippen LogP contribution < -0.4 is 4.90 Å². The minimum Gasteiger partial charge on any atom is -0.367 e. The van der Waals surface area contributed by atoms with Gasteiger partial charge in [-0.25, -0.2) is 0 Å². The van der Waals surface area contributed by atoms with E-state index in [0.717, 1.165) is 13.0 Å².